The lowest BCUT2D eigenvalue weighted by Gasteiger charge is -2.32. The van der Waals surface area contributed by atoms with E-state index in [9.17, 15) is 0 Å². The summed E-state index contributed by atoms with van der Waals surface area (Å²) in [5, 5.41) is 2.25. The van der Waals surface area contributed by atoms with E-state index in [1.54, 1.807) is 0 Å². The lowest BCUT2D eigenvalue weighted by Crippen LogP contribution is -2.27. The maximum absolute atomic E-state index is 5.43. The highest BCUT2D eigenvalue weighted by Gasteiger charge is 2.28. The highest BCUT2D eigenvalue weighted by atomic mass is 79.9. The quantitative estimate of drug-likeness (QED) is 0.353. The van der Waals surface area contributed by atoms with Gasteiger partial charge in [-0.15, -0.1) is 0 Å². The van der Waals surface area contributed by atoms with Gasteiger partial charge in [0.25, 0.3) is 0 Å². The molecule has 1 aliphatic rings. The van der Waals surface area contributed by atoms with Crippen LogP contribution in [0.4, 0.5) is 0 Å². The molecule has 0 saturated carbocycles. The van der Waals surface area contributed by atoms with Crippen molar-refractivity contribution >= 4 is 31.9 Å². The van der Waals surface area contributed by atoms with Crippen LogP contribution in [0, 0.1) is 17.3 Å². The van der Waals surface area contributed by atoms with Crippen LogP contribution in [0.15, 0.2) is 0 Å². The molecule has 3 heteroatoms. The summed E-state index contributed by atoms with van der Waals surface area (Å²) in [7, 11) is 0. The van der Waals surface area contributed by atoms with Crippen molar-refractivity contribution in [2.75, 3.05) is 23.9 Å². The number of rotatable bonds is 9. The van der Waals surface area contributed by atoms with Crippen LogP contribution >= 0.6 is 31.9 Å². The molecule has 1 saturated heterocycles. The second-order valence-electron chi connectivity index (χ2n) is 6.67. The highest BCUT2D eigenvalue weighted by molar-refractivity contribution is 9.09. The van der Waals surface area contributed by atoms with Crippen LogP contribution in [0.3, 0.4) is 0 Å². The lowest BCUT2D eigenvalue weighted by molar-refractivity contribution is 0.0628. The number of unbranched alkanes of at least 4 members (excludes halogenated alkanes) is 1. The van der Waals surface area contributed by atoms with E-state index in [0.717, 1.165) is 35.7 Å². The van der Waals surface area contributed by atoms with E-state index < -0.39 is 0 Å². The summed E-state index contributed by atoms with van der Waals surface area (Å²) in [5.41, 5.74) is 0.462. The minimum absolute atomic E-state index is 0.462. The van der Waals surface area contributed by atoms with E-state index in [-0.39, 0.29) is 0 Å². The molecule has 0 aromatic heterocycles. The molecule has 0 amide bonds. The van der Waals surface area contributed by atoms with Gasteiger partial charge in [0.2, 0.25) is 0 Å². The summed E-state index contributed by atoms with van der Waals surface area (Å²) in [6.07, 6.45) is 9.42. The van der Waals surface area contributed by atoms with Crippen LogP contribution in [-0.2, 0) is 4.74 Å². The fourth-order valence-electron chi connectivity index (χ4n) is 3.21. The topological polar surface area (TPSA) is 9.23 Å². The molecule has 0 bridgehead atoms. The molecule has 0 aliphatic carbocycles. The van der Waals surface area contributed by atoms with Crippen molar-refractivity contribution in [1.82, 2.24) is 0 Å². The van der Waals surface area contributed by atoms with Crippen molar-refractivity contribution in [1.29, 1.82) is 0 Å². The number of ether oxygens (including phenoxy) is 1. The van der Waals surface area contributed by atoms with Crippen molar-refractivity contribution in [3.8, 4) is 0 Å². The van der Waals surface area contributed by atoms with Gasteiger partial charge in [-0.1, -0.05) is 65.0 Å². The van der Waals surface area contributed by atoms with E-state index in [2.05, 4.69) is 45.7 Å². The molecule has 1 aliphatic heterocycles. The molecular formula is C16H30Br2O. The van der Waals surface area contributed by atoms with Crippen LogP contribution in [0.5, 0.6) is 0 Å². The molecule has 0 atom stereocenters. The molecule has 0 radical (unpaired) electrons. The van der Waals surface area contributed by atoms with Gasteiger partial charge in [0.1, 0.15) is 0 Å². The Labute approximate surface area is 136 Å². The van der Waals surface area contributed by atoms with Gasteiger partial charge in [0.05, 0.1) is 0 Å². The average molecular weight is 398 g/mol. The number of halogens is 2. The third-order valence-corrected chi connectivity index (χ3v) is 6.70. The molecule has 0 spiro atoms. The Morgan fingerprint density at radius 3 is 2.26 bits per heavy atom. The zero-order chi connectivity index (χ0) is 14.1. The average Bonchev–Trinajstić information content (AvgIpc) is 2.43. The van der Waals surface area contributed by atoms with Gasteiger partial charge >= 0.3 is 0 Å². The van der Waals surface area contributed by atoms with Crippen molar-refractivity contribution in [2.45, 2.75) is 58.8 Å². The van der Waals surface area contributed by atoms with E-state index in [4.69, 9.17) is 4.74 Å². The van der Waals surface area contributed by atoms with Gasteiger partial charge in [0.15, 0.2) is 0 Å². The van der Waals surface area contributed by atoms with Gasteiger partial charge in [-0.25, -0.2) is 0 Å². The molecule has 114 valence electrons. The summed E-state index contributed by atoms with van der Waals surface area (Å²) >= 11 is 7.49. The normalized spacial score (nSPS) is 18.2. The SMILES string of the molecule is CC(C)CC(CBr)(CBr)CCCCC1CCOCC1. The molecule has 1 nitrogen and oxygen atoms in total. The molecular weight excluding hydrogens is 368 g/mol. The van der Waals surface area contributed by atoms with Crippen LogP contribution in [0.1, 0.15) is 58.8 Å². The first-order valence-electron chi connectivity index (χ1n) is 7.81. The predicted molar refractivity (Wildman–Crippen MR) is 91.5 cm³/mol. The van der Waals surface area contributed by atoms with E-state index >= 15 is 0 Å². The smallest absolute Gasteiger partial charge is 0.0468 e. The van der Waals surface area contributed by atoms with E-state index in [1.165, 1.54) is 44.9 Å². The number of hydrogen-bond donors (Lipinski definition) is 0. The van der Waals surface area contributed by atoms with Gasteiger partial charge in [0, 0.05) is 23.9 Å². The van der Waals surface area contributed by atoms with Gasteiger partial charge < -0.3 is 4.74 Å². The van der Waals surface area contributed by atoms with Gasteiger partial charge in [-0.2, -0.15) is 0 Å². The van der Waals surface area contributed by atoms with E-state index in [0.29, 0.717) is 5.41 Å². The Morgan fingerprint density at radius 2 is 1.74 bits per heavy atom. The molecule has 0 N–H and O–H groups in total. The van der Waals surface area contributed by atoms with Crippen molar-refractivity contribution in [3.05, 3.63) is 0 Å². The monoisotopic (exact) mass is 396 g/mol. The van der Waals surface area contributed by atoms with Crippen molar-refractivity contribution < 1.29 is 4.74 Å². The second-order valence-corrected chi connectivity index (χ2v) is 7.79. The zero-order valence-corrected chi connectivity index (χ0v) is 15.8. The van der Waals surface area contributed by atoms with Crippen LogP contribution in [0.2, 0.25) is 0 Å². The number of alkyl halides is 2. The Balaban J connectivity index is 2.23. The van der Waals surface area contributed by atoms with Crippen molar-refractivity contribution in [3.63, 3.8) is 0 Å². The lowest BCUT2D eigenvalue weighted by atomic mass is 9.79. The fraction of sp³-hybridized carbons (Fsp3) is 1.00. The first kappa shape index (κ1) is 18.0. The van der Waals surface area contributed by atoms with Crippen LogP contribution in [0.25, 0.3) is 0 Å². The second kappa shape index (κ2) is 9.78. The molecule has 0 unspecified atom stereocenters. The zero-order valence-electron chi connectivity index (χ0n) is 12.6. The Kier molecular flexibility index (Phi) is 9.25. The molecule has 1 fully saturated rings. The third-order valence-electron chi connectivity index (χ3n) is 4.32. The Morgan fingerprint density at radius 1 is 1.11 bits per heavy atom. The summed E-state index contributed by atoms with van der Waals surface area (Å²) in [6, 6.07) is 0. The first-order valence-corrected chi connectivity index (χ1v) is 10.1. The van der Waals surface area contributed by atoms with Crippen molar-refractivity contribution in [2.24, 2.45) is 17.3 Å². The first-order chi connectivity index (χ1) is 9.12. The minimum Gasteiger partial charge on any atom is -0.381 e. The third kappa shape index (κ3) is 6.95. The largest absolute Gasteiger partial charge is 0.381 e. The fourth-order valence-corrected chi connectivity index (χ4v) is 5.16. The summed E-state index contributed by atoms with van der Waals surface area (Å²) in [4.78, 5) is 0. The molecule has 0 aromatic rings. The van der Waals surface area contributed by atoms with Crippen LogP contribution in [-0.4, -0.2) is 23.9 Å². The maximum Gasteiger partial charge on any atom is 0.0468 e. The number of hydrogen-bond acceptors (Lipinski definition) is 1. The summed E-state index contributed by atoms with van der Waals surface area (Å²) in [6.45, 7) is 6.65. The predicted octanol–water partition coefficient (Wildman–Crippen LogP) is 5.80. The summed E-state index contributed by atoms with van der Waals surface area (Å²) < 4.78 is 5.43. The molecule has 1 heterocycles. The standard InChI is InChI=1S/C16H30Br2O/c1-14(2)11-16(12-17,13-18)8-4-3-5-15-6-9-19-10-7-15/h14-15H,3-13H2,1-2H3. The minimum atomic E-state index is 0.462. The van der Waals surface area contributed by atoms with Gasteiger partial charge in [-0.05, 0) is 42.9 Å². The highest BCUT2D eigenvalue weighted by Crippen LogP contribution is 2.36. The Hall–Kier alpha value is 0.920. The van der Waals surface area contributed by atoms with E-state index in [1.807, 2.05) is 0 Å². The molecule has 0 aromatic carbocycles. The maximum atomic E-state index is 5.43. The molecule has 19 heavy (non-hydrogen) atoms. The van der Waals surface area contributed by atoms with Crippen LogP contribution < -0.4 is 0 Å². The Bertz CT molecular complexity index is 221. The molecule has 1 rings (SSSR count). The van der Waals surface area contributed by atoms with Gasteiger partial charge in [-0.3, -0.25) is 0 Å². The summed E-state index contributed by atoms with van der Waals surface area (Å²) in [5.74, 6) is 1.71.